The van der Waals surface area contributed by atoms with E-state index in [1.165, 1.54) is 0 Å². The summed E-state index contributed by atoms with van der Waals surface area (Å²) in [5, 5.41) is 6.99. The molecule has 0 aromatic carbocycles. The number of hydrogen-bond acceptors (Lipinski definition) is 4. The first-order chi connectivity index (χ1) is 9.22. The predicted octanol–water partition coefficient (Wildman–Crippen LogP) is 1.79. The van der Waals surface area contributed by atoms with Gasteiger partial charge in [-0.15, -0.1) is 0 Å². The van der Waals surface area contributed by atoms with Crippen LogP contribution in [-0.4, -0.2) is 35.1 Å². The first-order valence-electron chi connectivity index (χ1n) is 7.19. The third-order valence-electron chi connectivity index (χ3n) is 3.91. The minimum Gasteiger partial charge on any atom is -0.359 e. The Morgan fingerprint density at radius 2 is 2.37 bits per heavy atom. The van der Waals surface area contributed by atoms with Crippen LogP contribution in [0, 0.1) is 6.92 Å². The topological polar surface area (TPSA) is 58.4 Å². The van der Waals surface area contributed by atoms with Crippen LogP contribution in [0.4, 0.5) is 0 Å². The molecule has 2 heterocycles. The first kappa shape index (κ1) is 12.7. The Balaban J connectivity index is 1.52. The third kappa shape index (κ3) is 3.15. The number of aromatic nitrogens is 1. The van der Waals surface area contributed by atoms with Gasteiger partial charge in [-0.2, -0.15) is 0 Å². The van der Waals surface area contributed by atoms with Crippen LogP contribution in [0.3, 0.4) is 0 Å². The smallest absolute Gasteiger partial charge is 0.221 e. The number of hydrogen-bond donors (Lipinski definition) is 1. The lowest BCUT2D eigenvalue weighted by Crippen LogP contribution is -2.31. The van der Waals surface area contributed by atoms with Crippen molar-refractivity contribution in [2.24, 2.45) is 0 Å². The Labute approximate surface area is 113 Å². The molecule has 1 amide bonds. The number of nitrogens with zero attached hydrogens (tertiary/aromatic N) is 2. The average molecular weight is 263 g/mol. The zero-order chi connectivity index (χ0) is 13.2. The van der Waals surface area contributed by atoms with Crippen LogP contribution >= 0.6 is 0 Å². The molecule has 1 saturated carbocycles. The maximum atomic E-state index is 11.7. The molecule has 1 aliphatic heterocycles. The molecule has 1 N–H and O–H groups in total. The zero-order valence-electron chi connectivity index (χ0n) is 11.4. The van der Waals surface area contributed by atoms with Crippen molar-refractivity contribution in [2.75, 3.05) is 13.1 Å². The van der Waals surface area contributed by atoms with Gasteiger partial charge in [0.2, 0.25) is 5.91 Å². The van der Waals surface area contributed by atoms with Gasteiger partial charge in [-0.1, -0.05) is 5.16 Å². The molecule has 1 unspecified atom stereocenters. The van der Waals surface area contributed by atoms with Crippen LogP contribution in [0.1, 0.15) is 49.6 Å². The molecule has 1 atom stereocenters. The molecule has 1 saturated heterocycles. The van der Waals surface area contributed by atoms with E-state index >= 15 is 0 Å². The van der Waals surface area contributed by atoms with Gasteiger partial charge in [-0.05, 0) is 39.2 Å². The number of aryl methyl sites for hydroxylation is 1. The normalized spacial score (nSPS) is 23.7. The van der Waals surface area contributed by atoms with Crippen LogP contribution in [-0.2, 0) is 4.79 Å². The minimum atomic E-state index is 0.182. The molecule has 0 radical (unpaired) electrons. The monoisotopic (exact) mass is 263 g/mol. The van der Waals surface area contributed by atoms with Gasteiger partial charge in [-0.3, -0.25) is 9.69 Å². The fraction of sp³-hybridized carbons (Fsp3) is 0.714. The van der Waals surface area contributed by atoms with E-state index in [-0.39, 0.29) is 5.91 Å². The second-order valence-electron chi connectivity index (χ2n) is 5.66. The van der Waals surface area contributed by atoms with Crippen molar-refractivity contribution >= 4 is 5.91 Å². The Kier molecular flexibility index (Phi) is 3.55. The molecule has 1 aliphatic carbocycles. The van der Waals surface area contributed by atoms with E-state index in [9.17, 15) is 4.79 Å². The molecule has 19 heavy (non-hydrogen) atoms. The van der Waals surface area contributed by atoms with Crippen molar-refractivity contribution in [2.45, 2.75) is 51.1 Å². The van der Waals surface area contributed by atoms with Crippen LogP contribution in [0.2, 0.25) is 0 Å². The van der Waals surface area contributed by atoms with Gasteiger partial charge in [0, 0.05) is 25.1 Å². The largest absolute Gasteiger partial charge is 0.359 e. The molecule has 5 heteroatoms. The second kappa shape index (κ2) is 5.33. The molecular formula is C14H21N3O2. The summed E-state index contributed by atoms with van der Waals surface area (Å²) in [5.41, 5.74) is 0.924. The second-order valence-corrected chi connectivity index (χ2v) is 5.66. The molecule has 0 spiro atoms. The van der Waals surface area contributed by atoms with Crippen LogP contribution in [0.5, 0.6) is 0 Å². The highest BCUT2D eigenvalue weighted by atomic mass is 16.5. The summed E-state index contributed by atoms with van der Waals surface area (Å²) in [4.78, 5) is 14.1. The van der Waals surface area contributed by atoms with Gasteiger partial charge in [-0.25, -0.2) is 0 Å². The van der Waals surface area contributed by atoms with E-state index in [2.05, 4.69) is 15.4 Å². The van der Waals surface area contributed by atoms with Gasteiger partial charge < -0.3 is 9.84 Å². The van der Waals surface area contributed by atoms with Crippen LogP contribution in [0.25, 0.3) is 0 Å². The number of likely N-dealkylation sites (tertiary alicyclic amines) is 1. The first-order valence-corrected chi connectivity index (χ1v) is 7.19. The highest BCUT2D eigenvalue weighted by Crippen LogP contribution is 2.32. The number of rotatable bonds is 5. The predicted molar refractivity (Wildman–Crippen MR) is 70.6 cm³/mol. The summed E-state index contributed by atoms with van der Waals surface area (Å²) in [6.45, 7) is 3.79. The summed E-state index contributed by atoms with van der Waals surface area (Å²) in [6, 6.07) is 2.77. The van der Waals surface area contributed by atoms with E-state index in [4.69, 9.17) is 4.52 Å². The maximum Gasteiger partial charge on any atom is 0.221 e. The lowest BCUT2D eigenvalue weighted by Gasteiger charge is -2.21. The molecule has 104 valence electrons. The molecule has 2 fully saturated rings. The van der Waals surface area contributed by atoms with Gasteiger partial charge in [0.05, 0.1) is 11.7 Å². The van der Waals surface area contributed by atoms with Crippen LogP contribution < -0.4 is 5.32 Å². The van der Waals surface area contributed by atoms with E-state index in [0.29, 0.717) is 18.5 Å². The Bertz CT molecular complexity index is 453. The molecular weight excluding hydrogens is 242 g/mol. The summed E-state index contributed by atoms with van der Waals surface area (Å²) in [7, 11) is 0. The summed E-state index contributed by atoms with van der Waals surface area (Å²) >= 11 is 0. The van der Waals surface area contributed by atoms with Crippen molar-refractivity contribution < 1.29 is 9.32 Å². The van der Waals surface area contributed by atoms with E-state index < -0.39 is 0 Å². The van der Waals surface area contributed by atoms with Gasteiger partial charge >= 0.3 is 0 Å². The lowest BCUT2D eigenvalue weighted by molar-refractivity contribution is -0.121. The highest BCUT2D eigenvalue weighted by Gasteiger charge is 2.29. The van der Waals surface area contributed by atoms with E-state index in [1.807, 2.05) is 13.0 Å². The molecule has 5 nitrogen and oxygen atoms in total. The number of carbonyl (C=O) groups excluding carboxylic acids is 1. The summed E-state index contributed by atoms with van der Waals surface area (Å²) in [6.07, 6.45) is 5.14. The summed E-state index contributed by atoms with van der Waals surface area (Å²) in [5.74, 6) is 1.12. The van der Waals surface area contributed by atoms with Gasteiger partial charge in [0.15, 0.2) is 5.76 Å². The van der Waals surface area contributed by atoms with Crippen molar-refractivity contribution in [3.05, 3.63) is 17.5 Å². The Hall–Kier alpha value is -1.36. The molecule has 0 bridgehead atoms. The van der Waals surface area contributed by atoms with Crippen LogP contribution in [0.15, 0.2) is 10.6 Å². The van der Waals surface area contributed by atoms with E-state index in [0.717, 1.165) is 50.2 Å². The molecule has 2 aliphatic rings. The highest BCUT2D eigenvalue weighted by molar-refractivity contribution is 5.76. The van der Waals surface area contributed by atoms with Crippen molar-refractivity contribution in [3.63, 3.8) is 0 Å². The molecule has 1 aromatic rings. The number of carbonyl (C=O) groups is 1. The van der Waals surface area contributed by atoms with E-state index in [1.54, 1.807) is 0 Å². The summed E-state index contributed by atoms with van der Waals surface area (Å²) < 4.78 is 5.37. The third-order valence-corrected chi connectivity index (χ3v) is 3.91. The zero-order valence-corrected chi connectivity index (χ0v) is 11.4. The van der Waals surface area contributed by atoms with Crippen molar-refractivity contribution in [1.29, 1.82) is 0 Å². The van der Waals surface area contributed by atoms with Gasteiger partial charge in [0.1, 0.15) is 0 Å². The standard InChI is InChI=1S/C14H21N3O2/c1-10-9-13(19-16-10)12-3-2-7-17(12)8-6-14(18)15-11-4-5-11/h9,11-12H,2-8H2,1H3,(H,15,18). The average Bonchev–Trinajstić information content (AvgIpc) is 2.91. The fourth-order valence-corrected chi connectivity index (χ4v) is 2.73. The minimum absolute atomic E-state index is 0.182. The number of nitrogens with one attached hydrogen (secondary N) is 1. The quantitative estimate of drug-likeness (QED) is 0.880. The van der Waals surface area contributed by atoms with Gasteiger partial charge in [0.25, 0.3) is 0 Å². The van der Waals surface area contributed by atoms with Crippen molar-refractivity contribution in [1.82, 2.24) is 15.4 Å². The van der Waals surface area contributed by atoms with Crippen molar-refractivity contribution in [3.8, 4) is 0 Å². The Morgan fingerprint density at radius 3 is 3.05 bits per heavy atom. The fourth-order valence-electron chi connectivity index (χ4n) is 2.73. The maximum absolute atomic E-state index is 11.7. The number of amides is 1. The Morgan fingerprint density at radius 1 is 1.53 bits per heavy atom. The lowest BCUT2D eigenvalue weighted by atomic mass is 10.1. The molecule has 3 rings (SSSR count). The molecule has 1 aromatic heterocycles. The SMILES string of the molecule is Cc1cc(C2CCCN2CCC(=O)NC2CC2)on1.